The number of unbranched alkanes of at least 4 members (excludes halogenated alkanes) is 1. The van der Waals surface area contributed by atoms with E-state index in [1.807, 2.05) is 6.92 Å². The topological polar surface area (TPSA) is 373 Å². The van der Waals surface area contributed by atoms with Crippen LogP contribution < -0.4 is 43.8 Å². The average Bonchev–Trinajstić information content (AvgIpc) is 3.20. The lowest BCUT2D eigenvalue weighted by Gasteiger charge is -2.25. The first-order valence-corrected chi connectivity index (χ1v) is 19.4. The summed E-state index contributed by atoms with van der Waals surface area (Å²) in [5, 5.41) is 47.1. The van der Waals surface area contributed by atoms with E-state index in [0.717, 1.165) is 25.0 Å². The first-order chi connectivity index (χ1) is 27.6. The summed E-state index contributed by atoms with van der Waals surface area (Å²) in [6.07, 6.45) is 6.22. The van der Waals surface area contributed by atoms with Gasteiger partial charge in [0, 0.05) is 30.3 Å². The third kappa shape index (κ3) is 39.8. The van der Waals surface area contributed by atoms with Gasteiger partial charge in [-0.2, -0.15) is 0 Å². The first-order valence-electron chi connectivity index (χ1n) is 19.4. The van der Waals surface area contributed by atoms with Gasteiger partial charge in [0.2, 0.25) is 29.5 Å². The Morgan fingerprint density at radius 3 is 1.54 bits per heavy atom. The van der Waals surface area contributed by atoms with Crippen LogP contribution >= 0.6 is 0 Å². The van der Waals surface area contributed by atoms with Gasteiger partial charge in [0.15, 0.2) is 0 Å². The van der Waals surface area contributed by atoms with Gasteiger partial charge < -0.3 is 64.2 Å². The molecule has 6 atom stereocenters. The molecule has 0 radical (unpaired) electrons. The molecule has 356 valence electrons. The van der Waals surface area contributed by atoms with Crippen LogP contribution in [0.2, 0.25) is 0 Å². The van der Waals surface area contributed by atoms with Crippen molar-refractivity contribution < 1.29 is 63.6 Å². The van der Waals surface area contributed by atoms with Crippen LogP contribution in [0, 0.1) is 23.7 Å². The van der Waals surface area contributed by atoms with Gasteiger partial charge >= 0.3 is 23.9 Å². The van der Waals surface area contributed by atoms with E-state index in [1.54, 1.807) is 20.8 Å². The maximum Gasteiger partial charge on any atom is 0.327 e. The molecule has 5 amide bonds. The quantitative estimate of drug-likeness (QED) is 0.0316. The number of nitrogens with one attached hydrogen (secondary N) is 5. The minimum atomic E-state index is -1.17. The molecule has 0 saturated heterocycles. The predicted octanol–water partition coefficient (Wildman–Crippen LogP) is 1.50. The predicted molar refractivity (Wildman–Crippen MR) is 233 cm³/mol. The molecule has 0 bridgehead atoms. The van der Waals surface area contributed by atoms with E-state index < -0.39 is 65.5 Å². The summed E-state index contributed by atoms with van der Waals surface area (Å²) in [6, 6.07) is -1.80. The van der Waals surface area contributed by atoms with E-state index in [4.69, 9.17) is 27.4 Å². The number of rotatable bonds is 27. The molecule has 21 nitrogen and oxygen atoms in total. The van der Waals surface area contributed by atoms with Crippen LogP contribution in [0.25, 0.3) is 0 Å². The van der Waals surface area contributed by atoms with Crippen LogP contribution in [-0.2, 0) is 43.2 Å². The molecule has 6 unspecified atom stereocenters. The summed E-state index contributed by atoms with van der Waals surface area (Å²) in [4.78, 5) is 101. The summed E-state index contributed by atoms with van der Waals surface area (Å²) in [6.45, 7) is 15.7. The SMILES string of the molecule is C.C.C=CC(=O)NCNC(=O)CC.C=CC(=O)O.CCC(C)C(=O)NCNC(=O)C(CC(C)C(=O)O)CC(CC)C(=O)NC(CCCN)C(=O)O.NCCCCC(N)C(=O)O. The second-order valence-electron chi connectivity index (χ2n) is 13.1. The molecule has 61 heavy (non-hydrogen) atoms. The molecule has 0 aliphatic heterocycles. The smallest absolute Gasteiger partial charge is 0.327 e. The van der Waals surface area contributed by atoms with Crippen molar-refractivity contribution >= 4 is 53.4 Å². The molecular formula is C40H78N8O13. The molecule has 0 fully saturated rings. The second-order valence-corrected chi connectivity index (χ2v) is 13.1. The number of aliphatic carboxylic acids is 4. The zero-order chi connectivity index (χ0) is 46.5. The molecule has 0 aliphatic carbocycles. The van der Waals surface area contributed by atoms with Crippen molar-refractivity contribution in [2.75, 3.05) is 26.4 Å². The Hall–Kier alpha value is -5.41. The molecular weight excluding hydrogens is 800 g/mol. The van der Waals surface area contributed by atoms with Gasteiger partial charge in [0.1, 0.15) is 12.1 Å². The van der Waals surface area contributed by atoms with Gasteiger partial charge in [0.25, 0.3) is 0 Å². The van der Waals surface area contributed by atoms with E-state index in [1.165, 1.54) is 6.92 Å². The highest BCUT2D eigenvalue weighted by Gasteiger charge is 2.31. The zero-order valence-corrected chi connectivity index (χ0v) is 35.1. The molecule has 15 N–H and O–H groups in total. The van der Waals surface area contributed by atoms with Crippen LogP contribution in [0.5, 0.6) is 0 Å². The van der Waals surface area contributed by atoms with Crippen LogP contribution in [-0.4, -0.2) is 112 Å². The first kappa shape index (κ1) is 67.4. The van der Waals surface area contributed by atoms with Crippen molar-refractivity contribution in [1.29, 1.82) is 0 Å². The largest absolute Gasteiger partial charge is 0.481 e. The molecule has 0 rings (SSSR count). The maximum absolute atomic E-state index is 12.8. The highest BCUT2D eigenvalue weighted by atomic mass is 16.4. The van der Waals surface area contributed by atoms with Gasteiger partial charge in [0.05, 0.1) is 19.3 Å². The third-order valence-electron chi connectivity index (χ3n) is 8.28. The van der Waals surface area contributed by atoms with E-state index in [9.17, 15) is 53.4 Å². The Bertz CT molecular complexity index is 1320. The van der Waals surface area contributed by atoms with Gasteiger partial charge in [-0.3, -0.25) is 33.6 Å². The van der Waals surface area contributed by atoms with E-state index >= 15 is 0 Å². The number of carbonyl (C=O) groups is 9. The van der Waals surface area contributed by atoms with Crippen LogP contribution in [0.4, 0.5) is 0 Å². The molecule has 0 aliphatic rings. The summed E-state index contributed by atoms with van der Waals surface area (Å²) >= 11 is 0. The molecule has 21 heteroatoms. The van der Waals surface area contributed by atoms with Crippen LogP contribution in [0.1, 0.15) is 114 Å². The summed E-state index contributed by atoms with van der Waals surface area (Å²) < 4.78 is 0. The minimum Gasteiger partial charge on any atom is -0.481 e. The number of carboxylic acids is 4. The van der Waals surface area contributed by atoms with E-state index in [2.05, 4.69) is 39.7 Å². The molecule has 0 saturated carbocycles. The number of amides is 5. The zero-order valence-electron chi connectivity index (χ0n) is 35.1. The summed E-state index contributed by atoms with van der Waals surface area (Å²) in [7, 11) is 0. The Morgan fingerprint density at radius 2 is 1.13 bits per heavy atom. The van der Waals surface area contributed by atoms with Crippen molar-refractivity contribution in [2.45, 2.75) is 126 Å². The van der Waals surface area contributed by atoms with E-state index in [0.29, 0.717) is 45.2 Å². The summed E-state index contributed by atoms with van der Waals surface area (Å²) in [5.74, 6) is -8.25. The molecule has 0 heterocycles. The van der Waals surface area contributed by atoms with Crippen molar-refractivity contribution in [3.05, 3.63) is 25.3 Å². The van der Waals surface area contributed by atoms with Gasteiger partial charge in [-0.25, -0.2) is 9.59 Å². The van der Waals surface area contributed by atoms with Crippen molar-refractivity contribution in [3.63, 3.8) is 0 Å². The maximum atomic E-state index is 12.8. The highest BCUT2D eigenvalue weighted by Crippen LogP contribution is 2.24. The lowest BCUT2D eigenvalue weighted by atomic mass is 9.85. The fourth-order valence-electron chi connectivity index (χ4n) is 4.29. The number of carbonyl (C=O) groups excluding carboxylic acids is 5. The van der Waals surface area contributed by atoms with Crippen LogP contribution in [0.3, 0.4) is 0 Å². The lowest BCUT2D eigenvalue weighted by molar-refractivity contribution is -0.144. The molecule has 0 aromatic carbocycles. The number of hydrogen-bond donors (Lipinski definition) is 12. The fraction of sp³-hybridized carbons (Fsp3) is 0.675. The molecule has 0 aromatic heterocycles. The van der Waals surface area contributed by atoms with Crippen LogP contribution in [0.15, 0.2) is 25.3 Å². The van der Waals surface area contributed by atoms with Gasteiger partial charge in [-0.1, -0.05) is 69.1 Å². The number of carboxylic acid groups (broad SMARTS) is 4. The Balaban J connectivity index is -0.000000219. The number of hydrogen-bond acceptors (Lipinski definition) is 12. The Morgan fingerprint density at radius 1 is 0.607 bits per heavy atom. The Kier molecular flexibility index (Phi) is 47.2. The highest BCUT2D eigenvalue weighted by molar-refractivity contribution is 5.87. The normalized spacial score (nSPS) is 12.5. The fourth-order valence-corrected chi connectivity index (χ4v) is 4.29. The van der Waals surface area contributed by atoms with Gasteiger partial charge in [-0.15, -0.1) is 0 Å². The van der Waals surface area contributed by atoms with E-state index in [-0.39, 0.29) is 71.1 Å². The number of nitrogens with two attached hydrogens (primary N) is 3. The second kappa shape index (κ2) is 42.7. The van der Waals surface area contributed by atoms with Gasteiger partial charge in [-0.05, 0) is 70.5 Å². The molecule has 0 aromatic rings. The third-order valence-corrected chi connectivity index (χ3v) is 8.28. The lowest BCUT2D eigenvalue weighted by Crippen LogP contribution is -2.46. The molecule has 0 spiro atoms. The standard InChI is InChI=1S/C22H40N4O7.C7H12N2O2.C6H14N2O2.C3H4O2.2CH4/c1-5-13(3)18(27)24-12-25-19(28)16(10-14(4)21(30)31)11-15(6-2)20(29)26-17(22(32)33)8-7-9-23;1-3-6(10)8-5-9-7(11)4-2;7-4-2-1-3-5(8)6(9)10;1-2-3(4)5;;/h13-17H,5-12,23H2,1-4H3,(H,24,27)(H,25,28)(H,26,29)(H,30,31)(H,32,33);3H,1,4-5H2,2H3,(H,8,10)(H,9,11);5H,1-4,7-8H2,(H,9,10);2H,1H2,(H,4,5);2*1H4. The van der Waals surface area contributed by atoms with Crippen molar-refractivity contribution in [1.82, 2.24) is 26.6 Å². The minimum absolute atomic E-state index is 0. The van der Waals surface area contributed by atoms with Crippen molar-refractivity contribution in [2.24, 2.45) is 40.9 Å². The monoisotopic (exact) mass is 879 g/mol. The summed E-state index contributed by atoms with van der Waals surface area (Å²) in [5.41, 5.74) is 15.8. The Labute approximate surface area is 361 Å². The average molecular weight is 879 g/mol. The van der Waals surface area contributed by atoms with Crippen molar-refractivity contribution in [3.8, 4) is 0 Å².